The molecule has 4 nitrogen and oxygen atoms in total. The summed E-state index contributed by atoms with van der Waals surface area (Å²) in [5.41, 5.74) is 0.0717. The van der Waals surface area contributed by atoms with E-state index in [0.29, 0.717) is 6.07 Å². The number of halogens is 2. The molecule has 2 rings (SSSR count). The van der Waals surface area contributed by atoms with Crippen molar-refractivity contribution < 1.29 is 23.5 Å². The predicted molar refractivity (Wildman–Crippen MR) is 62.4 cm³/mol. The molecule has 0 spiro atoms. The highest BCUT2D eigenvalue weighted by Crippen LogP contribution is 2.27. The van der Waals surface area contributed by atoms with E-state index in [-0.39, 0.29) is 24.6 Å². The zero-order valence-corrected chi connectivity index (χ0v) is 10.1. The molecule has 0 atom stereocenters. The van der Waals surface area contributed by atoms with Crippen molar-refractivity contribution in [1.82, 2.24) is 4.90 Å². The van der Waals surface area contributed by atoms with E-state index in [4.69, 9.17) is 5.11 Å². The topological polar surface area (TPSA) is 57.6 Å². The highest BCUT2D eigenvalue weighted by atomic mass is 19.1. The molecule has 1 amide bonds. The van der Waals surface area contributed by atoms with Crippen LogP contribution in [-0.2, 0) is 16.0 Å². The molecule has 1 N–H and O–H groups in total. The quantitative estimate of drug-likeness (QED) is 0.883. The second-order valence-corrected chi connectivity index (χ2v) is 4.56. The highest BCUT2D eigenvalue weighted by Gasteiger charge is 2.33. The molecule has 0 heterocycles. The lowest BCUT2D eigenvalue weighted by Gasteiger charge is -2.20. The molecule has 1 aromatic carbocycles. The van der Waals surface area contributed by atoms with Gasteiger partial charge in [0.05, 0.1) is 6.42 Å². The fourth-order valence-corrected chi connectivity index (χ4v) is 1.88. The van der Waals surface area contributed by atoms with Crippen LogP contribution in [-0.4, -0.2) is 34.5 Å². The third-order valence-corrected chi connectivity index (χ3v) is 2.97. The van der Waals surface area contributed by atoms with Gasteiger partial charge in [-0.25, -0.2) is 8.78 Å². The smallest absolute Gasteiger partial charge is 0.323 e. The summed E-state index contributed by atoms with van der Waals surface area (Å²) in [7, 11) is 0. The van der Waals surface area contributed by atoms with Gasteiger partial charge in [0.2, 0.25) is 5.91 Å². The molecule has 0 aromatic heterocycles. The Morgan fingerprint density at radius 3 is 2.53 bits per heavy atom. The van der Waals surface area contributed by atoms with Gasteiger partial charge in [0.1, 0.15) is 18.2 Å². The number of carbonyl (C=O) groups excluding carboxylic acids is 1. The molecule has 0 radical (unpaired) electrons. The summed E-state index contributed by atoms with van der Waals surface area (Å²) < 4.78 is 26.2. The van der Waals surface area contributed by atoms with Crippen LogP contribution in [0.15, 0.2) is 18.2 Å². The van der Waals surface area contributed by atoms with Crippen LogP contribution < -0.4 is 0 Å². The maximum Gasteiger partial charge on any atom is 0.323 e. The van der Waals surface area contributed by atoms with E-state index < -0.39 is 23.5 Å². The van der Waals surface area contributed by atoms with Crippen molar-refractivity contribution in [3.8, 4) is 0 Å². The van der Waals surface area contributed by atoms with E-state index in [9.17, 15) is 18.4 Å². The summed E-state index contributed by atoms with van der Waals surface area (Å²) in [6.07, 6.45) is 1.28. The number of hydrogen-bond donors (Lipinski definition) is 1. The summed E-state index contributed by atoms with van der Waals surface area (Å²) in [5, 5.41) is 8.75. The van der Waals surface area contributed by atoms with Crippen LogP contribution in [0.2, 0.25) is 0 Å². The van der Waals surface area contributed by atoms with Gasteiger partial charge in [-0.15, -0.1) is 0 Å². The van der Waals surface area contributed by atoms with Gasteiger partial charge in [0, 0.05) is 12.1 Å². The molecule has 0 aliphatic heterocycles. The number of hydrogen-bond acceptors (Lipinski definition) is 2. The second kappa shape index (κ2) is 5.34. The van der Waals surface area contributed by atoms with Gasteiger partial charge in [-0.05, 0) is 24.5 Å². The van der Waals surface area contributed by atoms with Gasteiger partial charge in [-0.3, -0.25) is 9.59 Å². The minimum Gasteiger partial charge on any atom is -0.480 e. The number of carboxylic acid groups (broad SMARTS) is 1. The average Bonchev–Trinajstić information content (AvgIpc) is 3.13. The van der Waals surface area contributed by atoms with Gasteiger partial charge in [-0.2, -0.15) is 0 Å². The molecular formula is C13H13F2NO3. The molecule has 19 heavy (non-hydrogen) atoms. The Bertz CT molecular complexity index is 515. The minimum atomic E-state index is -1.10. The molecule has 6 heteroatoms. The standard InChI is InChI=1S/C13H13F2NO3/c14-9-2-1-8(11(15)6-9)5-12(17)16(7-13(18)19)10-3-4-10/h1-2,6,10H,3-5,7H2,(H,18,19). The van der Waals surface area contributed by atoms with Crippen molar-refractivity contribution in [2.45, 2.75) is 25.3 Å². The minimum absolute atomic E-state index is 0.0629. The van der Waals surface area contributed by atoms with E-state index in [1.54, 1.807) is 0 Å². The molecule has 0 unspecified atom stereocenters. The zero-order chi connectivity index (χ0) is 14.0. The molecule has 1 aromatic rings. The third-order valence-electron chi connectivity index (χ3n) is 2.97. The lowest BCUT2D eigenvalue weighted by atomic mass is 10.1. The number of rotatable bonds is 5. The maximum absolute atomic E-state index is 13.4. The number of benzene rings is 1. The lowest BCUT2D eigenvalue weighted by molar-refractivity contribution is -0.144. The highest BCUT2D eigenvalue weighted by molar-refractivity contribution is 5.83. The van der Waals surface area contributed by atoms with Crippen molar-refractivity contribution in [2.24, 2.45) is 0 Å². The normalized spacial score (nSPS) is 14.2. The van der Waals surface area contributed by atoms with E-state index in [1.165, 1.54) is 11.0 Å². The van der Waals surface area contributed by atoms with Crippen LogP contribution >= 0.6 is 0 Å². The van der Waals surface area contributed by atoms with Crippen molar-refractivity contribution in [3.63, 3.8) is 0 Å². The van der Waals surface area contributed by atoms with E-state index in [1.807, 2.05) is 0 Å². The molecule has 0 bridgehead atoms. The summed E-state index contributed by atoms with van der Waals surface area (Å²) >= 11 is 0. The number of amides is 1. The SMILES string of the molecule is O=C(O)CN(C(=O)Cc1ccc(F)cc1F)C1CC1. The Morgan fingerprint density at radius 1 is 1.32 bits per heavy atom. The first kappa shape index (κ1) is 13.5. The van der Waals surface area contributed by atoms with E-state index in [0.717, 1.165) is 18.9 Å². The molecule has 1 aliphatic carbocycles. The van der Waals surface area contributed by atoms with Crippen LogP contribution in [0.4, 0.5) is 8.78 Å². The van der Waals surface area contributed by atoms with E-state index >= 15 is 0 Å². The Labute approximate surface area is 108 Å². The summed E-state index contributed by atoms with van der Waals surface area (Å²) in [4.78, 5) is 23.9. The maximum atomic E-state index is 13.4. The number of carbonyl (C=O) groups is 2. The van der Waals surface area contributed by atoms with E-state index in [2.05, 4.69) is 0 Å². The Balaban J connectivity index is 2.07. The summed E-state index contributed by atoms with van der Waals surface area (Å²) in [6.45, 7) is -0.383. The van der Waals surface area contributed by atoms with Gasteiger partial charge < -0.3 is 10.0 Å². The number of nitrogens with zero attached hydrogens (tertiary/aromatic N) is 1. The van der Waals surface area contributed by atoms with Crippen molar-refractivity contribution in [1.29, 1.82) is 0 Å². The fourth-order valence-electron chi connectivity index (χ4n) is 1.88. The van der Waals surface area contributed by atoms with Crippen molar-refractivity contribution in [3.05, 3.63) is 35.4 Å². The molecule has 1 aliphatic rings. The second-order valence-electron chi connectivity index (χ2n) is 4.56. The molecular weight excluding hydrogens is 256 g/mol. The fraction of sp³-hybridized carbons (Fsp3) is 0.385. The third kappa shape index (κ3) is 3.49. The van der Waals surface area contributed by atoms with Crippen LogP contribution in [0.5, 0.6) is 0 Å². The van der Waals surface area contributed by atoms with Crippen LogP contribution in [0.1, 0.15) is 18.4 Å². The monoisotopic (exact) mass is 269 g/mol. The molecule has 0 saturated heterocycles. The molecule has 1 fully saturated rings. The Hall–Kier alpha value is -1.98. The van der Waals surface area contributed by atoms with Gasteiger partial charge in [0.15, 0.2) is 0 Å². The first-order valence-corrected chi connectivity index (χ1v) is 5.92. The summed E-state index contributed by atoms with van der Waals surface area (Å²) in [5.74, 6) is -3.05. The van der Waals surface area contributed by atoms with Crippen LogP contribution in [0.3, 0.4) is 0 Å². The van der Waals surface area contributed by atoms with Crippen molar-refractivity contribution in [2.75, 3.05) is 6.54 Å². The number of carboxylic acids is 1. The Morgan fingerprint density at radius 2 is 2.00 bits per heavy atom. The summed E-state index contributed by atoms with van der Waals surface area (Å²) in [6, 6.07) is 2.92. The average molecular weight is 269 g/mol. The largest absolute Gasteiger partial charge is 0.480 e. The van der Waals surface area contributed by atoms with Crippen LogP contribution in [0, 0.1) is 11.6 Å². The zero-order valence-electron chi connectivity index (χ0n) is 10.1. The van der Waals surface area contributed by atoms with Crippen LogP contribution in [0.25, 0.3) is 0 Å². The van der Waals surface area contributed by atoms with Gasteiger partial charge in [0.25, 0.3) is 0 Å². The first-order chi connectivity index (χ1) is 8.97. The van der Waals surface area contributed by atoms with Gasteiger partial charge >= 0.3 is 5.97 Å². The Kier molecular flexibility index (Phi) is 3.78. The number of aliphatic carboxylic acids is 1. The van der Waals surface area contributed by atoms with Gasteiger partial charge in [-0.1, -0.05) is 6.07 Å². The first-order valence-electron chi connectivity index (χ1n) is 5.92. The van der Waals surface area contributed by atoms with Crippen molar-refractivity contribution >= 4 is 11.9 Å². The predicted octanol–water partition coefficient (Wildman–Crippen LogP) is 1.58. The lowest BCUT2D eigenvalue weighted by Crippen LogP contribution is -2.38. The molecule has 102 valence electrons. The molecule has 1 saturated carbocycles.